The van der Waals surface area contributed by atoms with Crippen molar-refractivity contribution in [3.8, 4) is 0 Å². The van der Waals surface area contributed by atoms with Crippen LogP contribution in [0.3, 0.4) is 0 Å². The molecule has 0 aromatic rings. The fourth-order valence-corrected chi connectivity index (χ4v) is 1.96. The van der Waals surface area contributed by atoms with E-state index in [9.17, 15) is 0 Å². The van der Waals surface area contributed by atoms with E-state index in [2.05, 4.69) is 0 Å². The summed E-state index contributed by atoms with van der Waals surface area (Å²) in [6.45, 7) is 0. The van der Waals surface area contributed by atoms with Crippen molar-refractivity contribution in [3.05, 3.63) is 0 Å². The molecule has 0 spiro atoms. The normalized spacial score (nSPS) is 24.8. The van der Waals surface area contributed by atoms with Gasteiger partial charge in [0.15, 0.2) is 0 Å². The Balaban J connectivity index is 0.000000227. The van der Waals surface area contributed by atoms with E-state index < -0.39 is 0 Å². The van der Waals surface area contributed by atoms with Crippen LogP contribution in [0.15, 0.2) is 0 Å². The third-order valence-electron chi connectivity index (χ3n) is 2.82. The fraction of sp³-hybridized carbons (Fsp3) is 1.00. The SMILES string of the molecule is C1CCCCC1.S.[3H]C1CCCCC1. The van der Waals surface area contributed by atoms with Crippen LogP contribution in [-0.4, -0.2) is 0 Å². The van der Waals surface area contributed by atoms with Gasteiger partial charge in [0.25, 0.3) is 0 Å². The summed E-state index contributed by atoms with van der Waals surface area (Å²) in [5.41, 5.74) is 0. The number of hydrogen-bond acceptors (Lipinski definition) is 0. The molecular weight excluding hydrogens is 176 g/mol. The summed E-state index contributed by atoms with van der Waals surface area (Å²) in [6, 6.07) is 0. The molecule has 0 N–H and O–H groups in total. The minimum Gasteiger partial charge on any atom is -0.197 e. The van der Waals surface area contributed by atoms with Crippen molar-refractivity contribution in [1.82, 2.24) is 0 Å². The third-order valence-corrected chi connectivity index (χ3v) is 2.82. The highest BCUT2D eigenvalue weighted by Crippen LogP contribution is 2.15. The van der Waals surface area contributed by atoms with Crippen molar-refractivity contribution in [2.24, 2.45) is 0 Å². The average molecular weight is 204 g/mol. The zero-order valence-corrected chi connectivity index (χ0v) is 9.86. The fourth-order valence-electron chi connectivity index (χ4n) is 1.96. The Kier molecular flexibility index (Phi) is 9.17. The minimum atomic E-state index is 0. The zero-order chi connectivity index (χ0) is 9.36. The predicted octanol–water partition coefficient (Wildman–Crippen LogP) is 4.79. The van der Waals surface area contributed by atoms with Crippen LogP contribution in [0.5, 0.6) is 0 Å². The zero-order valence-electron chi connectivity index (χ0n) is 9.86. The molecule has 0 aliphatic heterocycles. The second-order valence-electron chi connectivity index (χ2n) is 4.05. The lowest BCUT2D eigenvalue weighted by atomic mass is 10.0. The summed E-state index contributed by atoms with van der Waals surface area (Å²) in [7, 11) is 0. The first kappa shape index (κ1) is 11.4. The average Bonchev–Trinajstić information content (AvgIpc) is 2.22. The van der Waals surface area contributed by atoms with E-state index in [0.717, 1.165) is 12.8 Å². The number of rotatable bonds is 0. The first-order chi connectivity index (χ1) is 6.39. The Morgan fingerprint density at radius 1 is 0.462 bits per heavy atom. The molecule has 1 heteroatoms. The van der Waals surface area contributed by atoms with Crippen LogP contribution >= 0.6 is 13.5 Å². The maximum atomic E-state index is 7.27. The molecule has 0 atom stereocenters. The molecule has 0 saturated heterocycles. The highest BCUT2D eigenvalue weighted by Gasteiger charge is 1.96. The molecule has 2 saturated carbocycles. The maximum Gasteiger partial charge on any atom is 0.0267 e. The molecule has 0 radical (unpaired) electrons. The minimum absolute atomic E-state index is 0. The van der Waals surface area contributed by atoms with E-state index in [-0.39, 0.29) is 19.9 Å². The first-order valence-corrected chi connectivity index (χ1v) is 5.82. The summed E-state index contributed by atoms with van der Waals surface area (Å²) in [5, 5.41) is 0. The summed E-state index contributed by atoms with van der Waals surface area (Å²) in [6.07, 6.45) is 15.6. The molecule has 0 unspecified atom stereocenters. The lowest BCUT2D eigenvalue weighted by molar-refractivity contribution is 0.504. The van der Waals surface area contributed by atoms with E-state index in [1.54, 1.807) is 0 Å². The molecule has 2 fully saturated rings. The quantitative estimate of drug-likeness (QED) is 0.532. The van der Waals surface area contributed by atoms with Crippen LogP contribution < -0.4 is 0 Å². The maximum absolute atomic E-state index is 7.27. The Bertz CT molecular complexity index is 95.4. The molecule has 2 aliphatic carbocycles. The molecular formula is C12H26S. The van der Waals surface area contributed by atoms with Gasteiger partial charge in [-0.15, -0.1) is 0 Å². The van der Waals surface area contributed by atoms with Crippen molar-refractivity contribution in [1.29, 1.82) is 0 Å². The van der Waals surface area contributed by atoms with Crippen LogP contribution in [-0.2, 0) is 0 Å². The van der Waals surface area contributed by atoms with Crippen LogP contribution in [0.1, 0.15) is 78.4 Å². The summed E-state index contributed by atoms with van der Waals surface area (Å²) in [5.74, 6) is 0. The second-order valence-corrected chi connectivity index (χ2v) is 4.05. The smallest absolute Gasteiger partial charge is 0.0267 e. The van der Waals surface area contributed by atoms with Crippen LogP contribution in [0.25, 0.3) is 0 Å². The van der Waals surface area contributed by atoms with Gasteiger partial charge in [-0.05, 0) is 0 Å². The highest BCUT2D eigenvalue weighted by atomic mass is 32.1. The van der Waals surface area contributed by atoms with Gasteiger partial charge in [0, 0.05) is 1.37 Å². The molecule has 2 rings (SSSR count). The molecule has 0 aromatic heterocycles. The molecule has 0 aromatic carbocycles. The highest BCUT2D eigenvalue weighted by molar-refractivity contribution is 7.59. The largest absolute Gasteiger partial charge is 0.197 e. The molecule has 0 nitrogen and oxygen atoms in total. The molecule has 0 amide bonds. The van der Waals surface area contributed by atoms with Crippen LogP contribution in [0.4, 0.5) is 0 Å². The standard InChI is InChI=1S/2C6H12.H2S/c2*1-2-4-6-5-3-1;/h2*1-6H2;1H2/i1T;;. The Morgan fingerprint density at radius 3 is 0.846 bits per heavy atom. The Hall–Kier alpha value is 0.350. The van der Waals surface area contributed by atoms with Crippen LogP contribution in [0.2, 0.25) is 0 Å². The van der Waals surface area contributed by atoms with E-state index in [0.29, 0.717) is 0 Å². The molecule has 80 valence electrons. The van der Waals surface area contributed by atoms with Gasteiger partial charge in [0.1, 0.15) is 0 Å². The van der Waals surface area contributed by atoms with Crippen molar-refractivity contribution in [2.45, 2.75) is 77.0 Å². The Morgan fingerprint density at radius 2 is 0.692 bits per heavy atom. The van der Waals surface area contributed by atoms with Gasteiger partial charge in [0.05, 0.1) is 0 Å². The van der Waals surface area contributed by atoms with Gasteiger partial charge in [-0.3, -0.25) is 0 Å². The topological polar surface area (TPSA) is 0 Å². The van der Waals surface area contributed by atoms with Crippen LogP contribution in [0, 0.1) is 0 Å². The molecule has 0 heterocycles. The third kappa shape index (κ3) is 8.67. The Labute approximate surface area is 92.3 Å². The van der Waals surface area contributed by atoms with Crippen molar-refractivity contribution in [3.63, 3.8) is 0 Å². The first-order valence-electron chi connectivity index (χ1n) is 6.39. The molecule has 13 heavy (non-hydrogen) atoms. The lowest BCUT2D eigenvalue weighted by Crippen LogP contribution is -1.85. The number of hydrogen-bond donors (Lipinski definition) is 0. The van der Waals surface area contributed by atoms with Gasteiger partial charge in [0.2, 0.25) is 0 Å². The van der Waals surface area contributed by atoms with E-state index in [1.807, 2.05) is 0 Å². The summed E-state index contributed by atoms with van der Waals surface area (Å²) in [4.78, 5) is 0. The van der Waals surface area contributed by atoms with Gasteiger partial charge in [-0.2, -0.15) is 13.5 Å². The van der Waals surface area contributed by atoms with Gasteiger partial charge in [-0.25, -0.2) is 0 Å². The van der Waals surface area contributed by atoms with Gasteiger partial charge >= 0.3 is 0 Å². The van der Waals surface area contributed by atoms with Crippen molar-refractivity contribution < 1.29 is 1.37 Å². The van der Waals surface area contributed by atoms with Crippen molar-refractivity contribution >= 4 is 13.5 Å². The van der Waals surface area contributed by atoms with E-state index in [1.165, 1.54) is 57.8 Å². The van der Waals surface area contributed by atoms with Gasteiger partial charge < -0.3 is 0 Å². The van der Waals surface area contributed by atoms with E-state index in [4.69, 9.17) is 1.37 Å². The predicted molar refractivity (Wildman–Crippen MR) is 65.8 cm³/mol. The summed E-state index contributed by atoms with van der Waals surface area (Å²) >= 11 is 0. The van der Waals surface area contributed by atoms with Gasteiger partial charge in [-0.1, -0.05) is 77.0 Å². The second kappa shape index (κ2) is 10.4. The monoisotopic (exact) mass is 204 g/mol. The van der Waals surface area contributed by atoms with Crippen molar-refractivity contribution in [2.75, 3.05) is 0 Å². The molecule has 2 aliphatic rings. The van der Waals surface area contributed by atoms with E-state index >= 15 is 0 Å². The molecule has 0 bridgehead atoms. The lowest BCUT2D eigenvalue weighted by Gasteiger charge is -2.05. The summed E-state index contributed by atoms with van der Waals surface area (Å²) < 4.78 is 7.27.